The van der Waals surface area contributed by atoms with Crippen LogP contribution in [0.5, 0.6) is 0 Å². The minimum absolute atomic E-state index is 0.342. The van der Waals surface area contributed by atoms with Gasteiger partial charge >= 0.3 is 6.03 Å². The van der Waals surface area contributed by atoms with Crippen molar-refractivity contribution in [3.63, 3.8) is 0 Å². The fourth-order valence-corrected chi connectivity index (χ4v) is 2.90. The van der Waals surface area contributed by atoms with Gasteiger partial charge in [0.1, 0.15) is 5.58 Å². The average molecular weight is 383 g/mol. The fourth-order valence-electron chi connectivity index (χ4n) is 2.90. The average Bonchev–Trinajstić information content (AvgIpc) is 3.15. The van der Waals surface area contributed by atoms with Gasteiger partial charge in [0.25, 0.3) is 0 Å². The predicted molar refractivity (Wildman–Crippen MR) is 117 cm³/mol. The molecule has 0 aliphatic heterocycles. The molecule has 5 heteroatoms. The Balaban J connectivity index is 1.64. The molecule has 29 heavy (non-hydrogen) atoms. The first-order chi connectivity index (χ1) is 14.1. The highest BCUT2D eigenvalue weighted by atomic mass is 16.3. The monoisotopic (exact) mass is 383 g/mol. The molecule has 3 aromatic carbocycles. The number of aryl methyl sites for hydroxylation is 2. The van der Waals surface area contributed by atoms with Crippen LogP contribution in [-0.4, -0.2) is 11.9 Å². The number of hydrogen-bond donors (Lipinski definition) is 2. The third-order valence-corrected chi connectivity index (χ3v) is 4.48. The molecule has 2 amide bonds. The van der Waals surface area contributed by atoms with Crippen molar-refractivity contribution in [3.8, 4) is 0 Å². The Morgan fingerprint density at radius 3 is 2.21 bits per heavy atom. The summed E-state index contributed by atoms with van der Waals surface area (Å²) in [6, 6.07) is 24.5. The highest BCUT2D eigenvalue weighted by Gasteiger charge is 2.14. The molecule has 0 bridgehead atoms. The maximum atomic E-state index is 12.6. The van der Waals surface area contributed by atoms with Crippen LogP contribution in [0.15, 0.2) is 88.3 Å². The van der Waals surface area contributed by atoms with Crippen LogP contribution in [0.25, 0.3) is 11.0 Å². The van der Waals surface area contributed by atoms with E-state index in [1.165, 1.54) is 0 Å². The number of fused-ring (bicyclic) bond motifs is 1. The Kier molecular flexibility index (Phi) is 5.12. The van der Waals surface area contributed by atoms with Gasteiger partial charge in [-0.05, 0) is 50.2 Å². The molecule has 5 nitrogen and oxygen atoms in total. The zero-order chi connectivity index (χ0) is 20.2. The van der Waals surface area contributed by atoms with Gasteiger partial charge in [0.2, 0.25) is 0 Å². The number of nitrogens with one attached hydrogen (secondary N) is 2. The Morgan fingerprint density at radius 1 is 0.862 bits per heavy atom. The van der Waals surface area contributed by atoms with Crippen LogP contribution in [0.3, 0.4) is 0 Å². The molecule has 1 heterocycles. The number of aliphatic imine (C=N–C) groups is 1. The quantitative estimate of drug-likeness (QED) is 0.339. The largest absolute Gasteiger partial charge is 0.453 e. The molecule has 0 fully saturated rings. The second kappa shape index (κ2) is 8.02. The van der Waals surface area contributed by atoms with Gasteiger partial charge in [-0.3, -0.25) is 5.32 Å². The summed E-state index contributed by atoms with van der Waals surface area (Å²) in [6.07, 6.45) is 0. The number of urea groups is 1. The zero-order valence-corrected chi connectivity index (χ0v) is 16.3. The second-order valence-electron chi connectivity index (χ2n) is 6.89. The lowest BCUT2D eigenvalue weighted by Gasteiger charge is -2.09. The van der Waals surface area contributed by atoms with Gasteiger partial charge in [-0.25, -0.2) is 9.79 Å². The first-order valence-corrected chi connectivity index (χ1v) is 9.36. The van der Waals surface area contributed by atoms with Crippen molar-refractivity contribution >= 4 is 34.2 Å². The summed E-state index contributed by atoms with van der Waals surface area (Å²) >= 11 is 0. The summed E-state index contributed by atoms with van der Waals surface area (Å²) in [4.78, 5) is 17.2. The molecule has 0 atom stereocenters. The predicted octanol–water partition coefficient (Wildman–Crippen LogP) is 5.95. The van der Waals surface area contributed by atoms with E-state index in [2.05, 4.69) is 15.6 Å². The number of amides is 2. The van der Waals surface area contributed by atoms with Gasteiger partial charge in [0.05, 0.1) is 5.69 Å². The lowest BCUT2D eigenvalue weighted by atomic mass is 10.2. The molecular weight excluding hydrogens is 362 g/mol. The second-order valence-corrected chi connectivity index (χ2v) is 6.89. The molecule has 1 aromatic heterocycles. The number of rotatable bonds is 3. The molecule has 0 unspecified atom stereocenters. The number of carbonyl (C=O) groups is 1. The SMILES string of the molecule is Cc1ccc(N=C(NC(=O)Nc2ccc(C)cc2)c2cc3ccccc3o2)cc1. The van der Waals surface area contributed by atoms with Crippen molar-refractivity contribution in [2.45, 2.75) is 13.8 Å². The summed E-state index contributed by atoms with van der Waals surface area (Å²) < 4.78 is 5.92. The summed E-state index contributed by atoms with van der Waals surface area (Å²) in [7, 11) is 0. The molecule has 144 valence electrons. The molecule has 0 spiro atoms. The standard InChI is InChI=1S/C24H21N3O2/c1-16-7-11-19(12-8-16)25-23(22-15-18-5-3-4-6-21(18)29-22)27-24(28)26-20-13-9-17(2)10-14-20/h3-15H,1-2H3,(H2,25,26,27,28). The normalized spacial score (nSPS) is 11.4. The number of para-hydroxylation sites is 1. The van der Waals surface area contributed by atoms with Crippen LogP contribution in [0.2, 0.25) is 0 Å². The van der Waals surface area contributed by atoms with E-state index in [1.54, 1.807) is 0 Å². The van der Waals surface area contributed by atoms with E-state index in [4.69, 9.17) is 4.42 Å². The van der Waals surface area contributed by atoms with E-state index in [1.807, 2.05) is 92.7 Å². The maximum Gasteiger partial charge on any atom is 0.324 e. The van der Waals surface area contributed by atoms with Crippen molar-refractivity contribution in [1.82, 2.24) is 5.32 Å². The number of anilines is 1. The minimum atomic E-state index is -0.389. The summed E-state index contributed by atoms with van der Waals surface area (Å²) in [5, 5.41) is 6.60. The van der Waals surface area contributed by atoms with Gasteiger partial charge in [0, 0.05) is 11.1 Å². The Morgan fingerprint density at radius 2 is 1.52 bits per heavy atom. The highest BCUT2D eigenvalue weighted by molar-refractivity contribution is 6.11. The molecule has 0 radical (unpaired) electrons. The van der Waals surface area contributed by atoms with E-state index in [0.29, 0.717) is 17.3 Å². The molecule has 4 aromatic rings. The lowest BCUT2D eigenvalue weighted by molar-refractivity contribution is 0.256. The van der Waals surface area contributed by atoms with Crippen LogP contribution >= 0.6 is 0 Å². The minimum Gasteiger partial charge on any atom is -0.453 e. The zero-order valence-electron chi connectivity index (χ0n) is 16.3. The van der Waals surface area contributed by atoms with Crippen molar-refractivity contribution in [1.29, 1.82) is 0 Å². The Labute approximate surface area is 169 Å². The fraction of sp³-hybridized carbons (Fsp3) is 0.0833. The first-order valence-electron chi connectivity index (χ1n) is 9.36. The summed E-state index contributed by atoms with van der Waals surface area (Å²) in [6.45, 7) is 4.01. The molecule has 4 rings (SSSR count). The van der Waals surface area contributed by atoms with Gasteiger partial charge in [-0.2, -0.15) is 0 Å². The van der Waals surface area contributed by atoms with E-state index in [-0.39, 0.29) is 6.03 Å². The van der Waals surface area contributed by atoms with Crippen molar-refractivity contribution < 1.29 is 9.21 Å². The topological polar surface area (TPSA) is 66.6 Å². The molecular formula is C24H21N3O2. The van der Waals surface area contributed by atoms with Crippen LogP contribution in [0, 0.1) is 13.8 Å². The van der Waals surface area contributed by atoms with E-state index < -0.39 is 0 Å². The molecule has 0 saturated carbocycles. The van der Waals surface area contributed by atoms with Gasteiger partial charge in [-0.1, -0.05) is 53.6 Å². The third-order valence-electron chi connectivity index (χ3n) is 4.48. The van der Waals surface area contributed by atoms with Crippen LogP contribution in [-0.2, 0) is 0 Å². The van der Waals surface area contributed by atoms with E-state index >= 15 is 0 Å². The van der Waals surface area contributed by atoms with Crippen LogP contribution < -0.4 is 10.6 Å². The smallest absolute Gasteiger partial charge is 0.324 e. The lowest BCUT2D eigenvalue weighted by Crippen LogP contribution is -2.34. The Hall–Kier alpha value is -3.86. The van der Waals surface area contributed by atoms with Gasteiger partial charge < -0.3 is 9.73 Å². The molecule has 0 aliphatic carbocycles. The van der Waals surface area contributed by atoms with Crippen LogP contribution in [0.1, 0.15) is 16.9 Å². The maximum absolute atomic E-state index is 12.6. The third kappa shape index (κ3) is 4.52. The van der Waals surface area contributed by atoms with Crippen LogP contribution in [0.4, 0.5) is 16.2 Å². The number of furan rings is 1. The number of benzene rings is 3. The first kappa shape index (κ1) is 18.5. The highest BCUT2D eigenvalue weighted by Crippen LogP contribution is 2.21. The van der Waals surface area contributed by atoms with Crippen molar-refractivity contribution in [2.24, 2.45) is 4.99 Å². The summed E-state index contributed by atoms with van der Waals surface area (Å²) in [5.74, 6) is 0.834. The molecule has 2 N–H and O–H groups in total. The van der Waals surface area contributed by atoms with Gasteiger partial charge in [0.15, 0.2) is 11.6 Å². The van der Waals surface area contributed by atoms with E-state index in [9.17, 15) is 4.79 Å². The van der Waals surface area contributed by atoms with Crippen molar-refractivity contribution in [2.75, 3.05) is 5.32 Å². The number of amidine groups is 1. The number of nitrogens with zero attached hydrogens (tertiary/aromatic N) is 1. The van der Waals surface area contributed by atoms with Gasteiger partial charge in [-0.15, -0.1) is 0 Å². The molecule has 0 saturated heterocycles. The van der Waals surface area contributed by atoms with E-state index in [0.717, 1.165) is 27.8 Å². The summed E-state index contributed by atoms with van der Waals surface area (Å²) in [5.41, 5.74) is 4.42. The van der Waals surface area contributed by atoms with Crippen molar-refractivity contribution in [3.05, 3.63) is 95.7 Å². The number of carbonyl (C=O) groups excluding carboxylic acids is 1. The molecule has 0 aliphatic rings. The Bertz CT molecular complexity index is 1140. The number of hydrogen-bond acceptors (Lipinski definition) is 3.